The van der Waals surface area contributed by atoms with Gasteiger partial charge < -0.3 is 25.3 Å². The fourth-order valence-electron chi connectivity index (χ4n) is 6.13. The molecule has 0 radical (unpaired) electrons. The van der Waals surface area contributed by atoms with Gasteiger partial charge in [0, 0.05) is 58.1 Å². The summed E-state index contributed by atoms with van der Waals surface area (Å²) in [5, 5.41) is 23.9. The van der Waals surface area contributed by atoms with Crippen LogP contribution in [0.25, 0.3) is 0 Å². The van der Waals surface area contributed by atoms with Gasteiger partial charge in [-0.1, -0.05) is 47.5 Å². The first-order valence-electron chi connectivity index (χ1n) is 14.9. The van der Waals surface area contributed by atoms with Crippen molar-refractivity contribution < 1.29 is 33.6 Å². The smallest absolute Gasteiger partial charge is 0.334 e. The number of hydrogen-bond donors (Lipinski definition) is 3. The molecule has 2 amide bonds. The van der Waals surface area contributed by atoms with Crippen molar-refractivity contribution in [1.29, 1.82) is 0 Å². The molecule has 2 saturated heterocycles. The minimum atomic E-state index is -1.72. The van der Waals surface area contributed by atoms with E-state index in [0.717, 1.165) is 25.9 Å². The molecule has 2 fully saturated rings. The predicted molar refractivity (Wildman–Crippen MR) is 173 cm³/mol. The van der Waals surface area contributed by atoms with Crippen molar-refractivity contribution in [2.24, 2.45) is 0 Å². The third-order valence-electron chi connectivity index (χ3n) is 8.43. The number of carbonyl (C=O) groups is 4. The van der Waals surface area contributed by atoms with Crippen LogP contribution < -0.4 is 5.32 Å². The molecule has 2 unspecified atom stereocenters. The molecule has 3 aliphatic heterocycles. The number of hydrogen-bond acceptors (Lipinski definition) is 7. The number of carbonyl (C=O) groups excluding carboxylic acids is 2. The summed E-state index contributed by atoms with van der Waals surface area (Å²) in [5.74, 6) is -5.07. The van der Waals surface area contributed by atoms with E-state index in [0.29, 0.717) is 24.5 Å². The van der Waals surface area contributed by atoms with Crippen molar-refractivity contribution in [2.45, 2.75) is 30.1 Å². The van der Waals surface area contributed by atoms with Gasteiger partial charge in [0.2, 0.25) is 11.8 Å². The van der Waals surface area contributed by atoms with Crippen LogP contribution in [-0.4, -0.2) is 104 Å². The van der Waals surface area contributed by atoms with E-state index < -0.39 is 46.6 Å². The lowest BCUT2D eigenvalue weighted by Crippen LogP contribution is -2.52. The Labute approximate surface area is 278 Å². The molecular weight excluding hydrogens is 655 g/mol. The molecule has 5 rings (SSSR count). The second-order valence-electron chi connectivity index (χ2n) is 11.3. The van der Waals surface area contributed by atoms with Crippen LogP contribution in [0.4, 0.5) is 0 Å². The Hall–Kier alpha value is -3.71. The first kappa shape index (κ1) is 33.6. The molecule has 0 bridgehead atoms. The number of benzene rings is 2. The molecule has 3 heterocycles. The zero-order valence-corrected chi connectivity index (χ0v) is 27.2. The van der Waals surface area contributed by atoms with Crippen LogP contribution >= 0.6 is 23.2 Å². The monoisotopic (exact) mass is 688 g/mol. The topological polar surface area (TPSA) is 148 Å². The second kappa shape index (κ2) is 14.8. The number of likely N-dealkylation sites (tertiary alicyclic amines) is 1. The molecule has 0 saturated carbocycles. The molecule has 11 nitrogen and oxygen atoms in total. The quantitative estimate of drug-likeness (QED) is 0.342. The van der Waals surface area contributed by atoms with E-state index in [-0.39, 0.29) is 57.3 Å². The van der Waals surface area contributed by atoms with Crippen molar-refractivity contribution in [3.63, 3.8) is 0 Å². The number of nitrogens with zero attached hydrogens (tertiary/aromatic N) is 3. The molecule has 3 aliphatic rings. The van der Waals surface area contributed by atoms with E-state index in [9.17, 15) is 33.6 Å². The van der Waals surface area contributed by atoms with Crippen molar-refractivity contribution >= 4 is 57.8 Å². The van der Waals surface area contributed by atoms with Crippen molar-refractivity contribution in [2.75, 3.05) is 51.6 Å². The lowest BCUT2D eigenvalue weighted by atomic mass is 9.79. The van der Waals surface area contributed by atoms with Gasteiger partial charge in [-0.05, 0) is 50.2 Å². The van der Waals surface area contributed by atoms with Crippen LogP contribution in [0.5, 0.6) is 0 Å². The van der Waals surface area contributed by atoms with Crippen molar-refractivity contribution in [3.05, 3.63) is 86.7 Å². The van der Waals surface area contributed by atoms with Crippen LogP contribution in [-0.2, 0) is 30.0 Å². The minimum Gasteiger partial charge on any atom is -0.478 e. The molecule has 0 aliphatic carbocycles. The number of amides is 2. The van der Waals surface area contributed by atoms with E-state index in [1.807, 2.05) is 0 Å². The van der Waals surface area contributed by atoms with Gasteiger partial charge in [0.05, 0.1) is 46.6 Å². The fourth-order valence-corrected chi connectivity index (χ4v) is 7.86. The second-order valence-corrected chi connectivity index (χ2v) is 13.6. The molecule has 2 aromatic rings. The number of aliphatic carboxylic acids is 2. The van der Waals surface area contributed by atoms with Crippen LogP contribution in [0.3, 0.4) is 0 Å². The Kier molecular flexibility index (Phi) is 10.8. The standard InChI is InChI=1S/C32H34Cl2N4O7S/c33-21-9-6-10-22(34)27(21)30-28(31(41)42)23(35-24(29(30)32(43)44)19-46(45)20-7-2-1-3-8-20)17-25(39)37-13-15-38(16-14-37)26(40)18-36-11-4-5-12-36/h1-3,6-10,30,35H,4-5,11-19H2,(H,41,42)(H,43,44). The zero-order valence-electron chi connectivity index (χ0n) is 24.9. The maximum absolute atomic E-state index is 13.6. The SMILES string of the molecule is O=C(O)C1=C(CC(=O)N2CCN(C(=O)CN3CCCC3)CC2)NC(CS(=O)c2ccccc2)=C(C(=O)O)C1c1c(Cl)cccc1Cl. The molecule has 2 aromatic carbocycles. The summed E-state index contributed by atoms with van der Waals surface area (Å²) in [6.07, 6.45) is 1.75. The lowest BCUT2D eigenvalue weighted by molar-refractivity contribution is -0.139. The average molecular weight is 690 g/mol. The Morgan fingerprint density at radius 1 is 0.761 bits per heavy atom. The molecule has 0 aromatic heterocycles. The van der Waals surface area contributed by atoms with E-state index in [4.69, 9.17) is 23.2 Å². The van der Waals surface area contributed by atoms with Gasteiger partial charge in [-0.15, -0.1) is 0 Å². The maximum Gasteiger partial charge on any atom is 0.334 e. The number of dihydropyridines is 1. The molecule has 2 atom stereocenters. The third kappa shape index (κ3) is 7.46. The zero-order chi connectivity index (χ0) is 33.0. The highest BCUT2D eigenvalue weighted by atomic mass is 35.5. The van der Waals surface area contributed by atoms with Gasteiger partial charge >= 0.3 is 11.9 Å². The number of piperazine rings is 1. The molecule has 3 N–H and O–H groups in total. The Balaban J connectivity index is 1.45. The average Bonchev–Trinajstić information content (AvgIpc) is 3.54. The van der Waals surface area contributed by atoms with Gasteiger partial charge in [-0.2, -0.15) is 0 Å². The Morgan fingerprint density at radius 2 is 1.30 bits per heavy atom. The number of nitrogens with one attached hydrogen (secondary N) is 1. The third-order valence-corrected chi connectivity index (χ3v) is 10.4. The molecular formula is C32H34Cl2N4O7S. The fraction of sp³-hybridized carbons (Fsp3) is 0.375. The largest absolute Gasteiger partial charge is 0.478 e. The van der Waals surface area contributed by atoms with Crippen LogP contribution in [0.2, 0.25) is 10.0 Å². The summed E-state index contributed by atoms with van der Waals surface area (Å²) in [6.45, 7) is 3.37. The minimum absolute atomic E-state index is 0.0131. The summed E-state index contributed by atoms with van der Waals surface area (Å²) in [5.41, 5.74) is -0.774. The summed E-state index contributed by atoms with van der Waals surface area (Å²) < 4.78 is 13.4. The maximum atomic E-state index is 13.6. The van der Waals surface area contributed by atoms with Gasteiger partial charge in [0.25, 0.3) is 0 Å². The highest BCUT2D eigenvalue weighted by molar-refractivity contribution is 7.85. The Morgan fingerprint density at radius 3 is 1.87 bits per heavy atom. The molecule has 244 valence electrons. The first-order chi connectivity index (χ1) is 22.0. The van der Waals surface area contributed by atoms with E-state index in [1.165, 1.54) is 12.1 Å². The lowest BCUT2D eigenvalue weighted by Gasteiger charge is -2.36. The molecule has 14 heteroatoms. The van der Waals surface area contributed by atoms with Crippen molar-refractivity contribution in [3.8, 4) is 0 Å². The number of halogens is 2. The summed E-state index contributed by atoms with van der Waals surface area (Å²) in [4.78, 5) is 58.0. The summed E-state index contributed by atoms with van der Waals surface area (Å²) >= 11 is 13.0. The number of carboxylic acids is 2. The predicted octanol–water partition coefficient (Wildman–Crippen LogP) is 3.32. The van der Waals surface area contributed by atoms with Crippen LogP contribution in [0.15, 0.2) is 76.0 Å². The van der Waals surface area contributed by atoms with Crippen LogP contribution in [0.1, 0.15) is 30.7 Å². The van der Waals surface area contributed by atoms with E-state index in [2.05, 4.69) is 10.2 Å². The number of carboxylic acid groups (broad SMARTS) is 2. The normalized spacial score (nSPS) is 19.7. The van der Waals surface area contributed by atoms with Gasteiger partial charge in [-0.25, -0.2) is 9.59 Å². The molecule has 0 spiro atoms. The van der Waals surface area contributed by atoms with Crippen LogP contribution in [0, 0.1) is 0 Å². The summed E-state index contributed by atoms with van der Waals surface area (Å²) in [7, 11) is -1.72. The van der Waals surface area contributed by atoms with Gasteiger partial charge in [0.15, 0.2) is 0 Å². The Bertz CT molecular complexity index is 1600. The van der Waals surface area contributed by atoms with Gasteiger partial charge in [0.1, 0.15) is 0 Å². The van der Waals surface area contributed by atoms with E-state index in [1.54, 1.807) is 46.2 Å². The summed E-state index contributed by atoms with van der Waals surface area (Å²) in [6, 6.07) is 12.9. The van der Waals surface area contributed by atoms with Gasteiger partial charge in [-0.3, -0.25) is 18.7 Å². The van der Waals surface area contributed by atoms with Crippen molar-refractivity contribution in [1.82, 2.24) is 20.0 Å². The van der Waals surface area contributed by atoms with E-state index >= 15 is 0 Å². The molecule has 46 heavy (non-hydrogen) atoms. The first-order valence-corrected chi connectivity index (χ1v) is 17.0. The number of rotatable bonds is 10. The highest BCUT2D eigenvalue weighted by Crippen LogP contribution is 2.45. The highest BCUT2D eigenvalue weighted by Gasteiger charge is 2.41.